The second kappa shape index (κ2) is 9.55. The Labute approximate surface area is 195 Å². The molecule has 4 heterocycles. The molecule has 2 aromatic heterocycles. The van der Waals surface area contributed by atoms with Crippen LogP contribution < -0.4 is 5.32 Å². The van der Waals surface area contributed by atoms with Crippen molar-refractivity contribution in [3.8, 4) is 11.3 Å². The van der Waals surface area contributed by atoms with Gasteiger partial charge in [-0.3, -0.25) is 4.79 Å². The van der Waals surface area contributed by atoms with Crippen molar-refractivity contribution >= 4 is 41.8 Å². The Balaban J connectivity index is 0.00000136. The quantitative estimate of drug-likeness (QED) is 0.623. The molecule has 2 unspecified atom stereocenters. The second-order valence-corrected chi connectivity index (χ2v) is 8.43. The van der Waals surface area contributed by atoms with Gasteiger partial charge in [0.05, 0.1) is 22.8 Å². The van der Waals surface area contributed by atoms with Crippen molar-refractivity contribution in [2.75, 3.05) is 13.1 Å². The Bertz CT molecular complexity index is 1040. The molecule has 8 heteroatoms. The van der Waals surface area contributed by atoms with Gasteiger partial charge < -0.3 is 10.2 Å². The fraction of sp³-hybridized carbons (Fsp3) is 0.435. The van der Waals surface area contributed by atoms with E-state index in [1.807, 2.05) is 47.3 Å². The van der Waals surface area contributed by atoms with Crippen LogP contribution in [0.5, 0.6) is 0 Å². The van der Waals surface area contributed by atoms with Gasteiger partial charge in [0, 0.05) is 30.2 Å². The van der Waals surface area contributed by atoms with Gasteiger partial charge >= 0.3 is 0 Å². The van der Waals surface area contributed by atoms with Crippen LogP contribution in [0, 0.1) is 0 Å². The average molecular weight is 462 g/mol. The van der Waals surface area contributed by atoms with Gasteiger partial charge in [-0.1, -0.05) is 30.3 Å². The van der Waals surface area contributed by atoms with E-state index >= 15 is 0 Å². The summed E-state index contributed by atoms with van der Waals surface area (Å²) in [5, 5.41) is 8.89. The number of nitrogens with zero attached hydrogens (tertiary/aromatic N) is 4. The lowest BCUT2D eigenvalue weighted by Crippen LogP contribution is -2.42. The van der Waals surface area contributed by atoms with Crippen molar-refractivity contribution in [2.45, 2.75) is 51.2 Å². The number of amides is 1. The summed E-state index contributed by atoms with van der Waals surface area (Å²) >= 11 is 0. The molecule has 0 saturated carbocycles. The molecule has 166 valence electrons. The molecule has 2 fully saturated rings. The highest BCUT2D eigenvalue weighted by Gasteiger charge is 2.39. The molecule has 2 atom stereocenters. The molecule has 6 nitrogen and oxygen atoms in total. The van der Waals surface area contributed by atoms with Crippen LogP contribution in [0.3, 0.4) is 0 Å². The van der Waals surface area contributed by atoms with Crippen molar-refractivity contribution in [3.63, 3.8) is 0 Å². The summed E-state index contributed by atoms with van der Waals surface area (Å²) in [6.07, 6.45) is 5.01. The number of hydrogen-bond acceptors (Lipinski definition) is 4. The number of fused-ring (bicyclic) bond motifs is 3. The van der Waals surface area contributed by atoms with Gasteiger partial charge in [-0.2, -0.15) is 5.10 Å². The maximum Gasteiger partial charge on any atom is 0.255 e. The Hall–Kier alpha value is -2.15. The van der Waals surface area contributed by atoms with E-state index in [-0.39, 0.29) is 42.8 Å². The highest BCUT2D eigenvalue weighted by Crippen LogP contribution is 2.33. The zero-order chi connectivity index (χ0) is 20.0. The SMILES string of the molecule is CC(C)n1ncc2c(C(=O)N3C4CCNCC3CC4)cc(-c3ccccc3)nc21.Cl.Cl. The van der Waals surface area contributed by atoms with Gasteiger partial charge in [-0.25, -0.2) is 9.67 Å². The fourth-order valence-corrected chi connectivity index (χ4v) is 4.78. The molecule has 1 amide bonds. The monoisotopic (exact) mass is 461 g/mol. The molecule has 0 spiro atoms. The maximum atomic E-state index is 13.8. The number of carbonyl (C=O) groups is 1. The van der Waals surface area contributed by atoms with E-state index in [4.69, 9.17) is 4.98 Å². The Morgan fingerprint density at radius 2 is 1.84 bits per heavy atom. The molecule has 0 radical (unpaired) electrons. The number of hydrogen-bond donors (Lipinski definition) is 1. The van der Waals surface area contributed by atoms with Crippen LogP contribution in [-0.2, 0) is 0 Å². The molecule has 0 aliphatic carbocycles. The topological polar surface area (TPSA) is 63.1 Å². The second-order valence-electron chi connectivity index (χ2n) is 8.43. The van der Waals surface area contributed by atoms with Gasteiger partial charge in [0.2, 0.25) is 0 Å². The third kappa shape index (κ3) is 4.16. The summed E-state index contributed by atoms with van der Waals surface area (Å²) < 4.78 is 1.91. The van der Waals surface area contributed by atoms with Crippen molar-refractivity contribution in [1.29, 1.82) is 0 Å². The molecular formula is C23H29Cl2N5O. The number of carbonyl (C=O) groups excluding carboxylic acids is 1. The minimum atomic E-state index is 0. The van der Waals surface area contributed by atoms with Gasteiger partial charge in [-0.05, 0) is 45.7 Å². The zero-order valence-electron chi connectivity index (χ0n) is 17.8. The van der Waals surface area contributed by atoms with Gasteiger partial charge in [0.25, 0.3) is 5.91 Å². The van der Waals surface area contributed by atoms with E-state index in [2.05, 4.69) is 29.2 Å². The molecule has 1 aromatic carbocycles. The molecule has 1 N–H and O–H groups in total. The molecule has 2 aliphatic rings. The number of benzene rings is 1. The Morgan fingerprint density at radius 1 is 1.10 bits per heavy atom. The van der Waals surface area contributed by atoms with Crippen LogP contribution in [-0.4, -0.2) is 50.7 Å². The Morgan fingerprint density at radius 3 is 2.58 bits per heavy atom. The third-order valence-corrected chi connectivity index (χ3v) is 6.24. The van der Waals surface area contributed by atoms with Crippen LogP contribution >= 0.6 is 24.8 Å². The molecule has 5 rings (SSSR count). The van der Waals surface area contributed by atoms with E-state index in [0.717, 1.165) is 60.2 Å². The number of pyridine rings is 1. The van der Waals surface area contributed by atoms with E-state index in [1.165, 1.54) is 0 Å². The van der Waals surface area contributed by atoms with Crippen molar-refractivity contribution in [2.24, 2.45) is 0 Å². The first-order chi connectivity index (χ1) is 14.1. The summed E-state index contributed by atoms with van der Waals surface area (Å²) in [5.41, 5.74) is 3.34. The smallest absolute Gasteiger partial charge is 0.255 e. The fourth-order valence-electron chi connectivity index (χ4n) is 4.78. The molecular weight excluding hydrogens is 433 g/mol. The van der Waals surface area contributed by atoms with Gasteiger partial charge in [0.15, 0.2) is 5.65 Å². The van der Waals surface area contributed by atoms with Crippen molar-refractivity contribution in [3.05, 3.63) is 48.2 Å². The zero-order valence-corrected chi connectivity index (χ0v) is 19.5. The van der Waals surface area contributed by atoms with Crippen LogP contribution in [0.4, 0.5) is 0 Å². The summed E-state index contributed by atoms with van der Waals surface area (Å²) in [7, 11) is 0. The van der Waals surface area contributed by atoms with E-state index < -0.39 is 0 Å². The first-order valence-electron chi connectivity index (χ1n) is 10.6. The number of halogens is 2. The molecule has 31 heavy (non-hydrogen) atoms. The first kappa shape index (κ1) is 23.5. The molecule has 3 aromatic rings. The predicted octanol–water partition coefficient (Wildman–Crippen LogP) is 4.49. The van der Waals surface area contributed by atoms with Gasteiger partial charge in [-0.15, -0.1) is 24.8 Å². The normalized spacial score (nSPS) is 20.3. The Kier molecular flexibility index (Phi) is 7.24. The highest BCUT2D eigenvalue weighted by atomic mass is 35.5. The third-order valence-electron chi connectivity index (χ3n) is 6.24. The molecule has 2 bridgehead atoms. The number of rotatable bonds is 3. The van der Waals surface area contributed by atoms with E-state index in [1.54, 1.807) is 0 Å². The van der Waals surface area contributed by atoms with E-state index in [9.17, 15) is 4.79 Å². The summed E-state index contributed by atoms with van der Waals surface area (Å²) in [4.78, 5) is 20.9. The summed E-state index contributed by atoms with van der Waals surface area (Å²) in [5.74, 6) is 0.120. The standard InChI is InChI=1S/C23H27N5O.2ClH/c1-15(2)28-22-20(14-25-28)19(12-21(26-22)16-6-4-3-5-7-16)23(29)27-17-8-9-18(27)13-24-11-10-17;;/h3-7,12,14-15,17-18,24H,8-11,13H2,1-2H3;2*1H. The van der Waals surface area contributed by atoms with Crippen LogP contribution in [0.1, 0.15) is 49.5 Å². The minimum absolute atomic E-state index is 0. The largest absolute Gasteiger partial charge is 0.331 e. The molecule has 2 aliphatic heterocycles. The van der Waals surface area contributed by atoms with Crippen molar-refractivity contribution < 1.29 is 4.79 Å². The highest BCUT2D eigenvalue weighted by molar-refractivity contribution is 6.07. The lowest BCUT2D eigenvalue weighted by atomic mass is 10.0. The number of nitrogens with one attached hydrogen (secondary N) is 1. The maximum absolute atomic E-state index is 13.8. The lowest BCUT2D eigenvalue weighted by Gasteiger charge is -2.28. The molecule has 2 saturated heterocycles. The number of aromatic nitrogens is 3. The predicted molar refractivity (Wildman–Crippen MR) is 128 cm³/mol. The lowest BCUT2D eigenvalue weighted by molar-refractivity contribution is 0.0682. The first-order valence-corrected chi connectivity index (χ1v) is 10.6. The van der Waals surface area contributed by atoms with Crippen LogP contribution in [0.2, 0.25) is 0 Å². The van der Waals surface area contributed by atoms with Gasteiger partial charge in [0.1, 0.15) is 0 Å². The van der Waals surface area contributed by atoms with Crippen LogP contribution in [0.25, 0.3) is 22.3 Å². The summed E-state index contributed by atoms with van der Waals surface area (Å²) in [6, 6.07) is 12.8. The van der Waals surface area contributed by atoms with E-state index in [0.29, 0.717) is 6.04 Å². The minimum Gasteiger partial charge on any atom is -0.331 e. The van der Waals surface area contributed by atoms with Crippen molar-refractivity contribution in [1.82, 2.24) is 25.0 Å². The average Bonchev–Trinajstić information content (AvgIpc) is 3.27. The van der Waals surface area contributed by atoms with Crippen LogP contribution in [0.15, 0.2) is 42.6 Å². The summed E-state index contributed by atoms with van der Waals surface area (Å²) in [6.45, 7) is 6.04.